The quantitative estimate of drug-likeness (QED) is 0.802. The van der Waals surface area contributed by atoms with E-state index in [1.807, 2.05) is 30.6 Å². The largest absolute Gasteiger partial charge is 0.481 e. The van der Waals surface area contributed by atoms with E-state index in [4.69, 9.17) is 5.11 Å². The molecule has 0 aromatic heterocycles. The molecule has 0 unspecified atom stereocenters. The van der Waals surface area contributed by atoms with E-state index in [2.05, 4.69) is 0 Å². The van der Waals surface area contributed by atoms with E-state index in [-0.39, 0.29) is 17.9 Å². The summed E-state index contributed by atoms with van der Waals surface area (Å²) in [5, 5.41) is 8.75. The zero-order valence-electron chi connectivity index (χ0n) is 11.6. The lowest BCUT2D eigenvalue weighted by atomic mass is 10.1. The maximum Gasteiger partial charge on any atom is 0.304 e. The van der Waals surface area contributed by atoms with Crippen molar-refractivity contribution < 1.29 is 14.7 Å². The molecule has 0 aliphatic carbocycles. The maximum atomic E-state index is 12.1. The Balaban J connectivity index is 2.54. The van der Waals surface area contributed by atoms with Gasteiger partial charge in [0.05, 0.1) is 13.0 Å². The van der Waals surface area contributed by atoms with Crippen molar-refractivity contribution in [1.82, 2.24) is 9.80 Å². The highest BCUT2D eigenvalue weighted by atomic mass is 16.4. The van der Waals surface area contributed by atoms with Crippen LogP contribution < -0.4 is 0 Å². The molecule has 1 rings (SSSR count). The van der Waals surface area contributed by atoms with Gasteiger partial charge >= 0.3 is 5.97 Å². The second-order valence-corrected chi connectivity index (χ2v) is 5.82. The number of hydrogen-bond acceptors (Lipinski definition) is 3. The Bertz CT molecular complexity index is 304. The van der Waals surface area contributed by atoms with Crippen molar-refractivity contribution in [1.29, 1.82) is 0 Å². The highest BCUT2D eigenvalue weighted by molar-refractivity contribution is 5.78. The van der Waals surface area contributed by atoms with Crippen LogP contribution in [-0.2, 0) is 9.59 Å². The molecule has 1 saturated heterocycles. The van der Waals surface area contributed by atoms with E-state index < -0.39 is 5.97 Å². The van der Waals surface area contributed by atoms with Crippen LogP contribution in [0, 0.1) is 0 Å². The minimum Gasteiger partial charge on any atom is -0.481 e. The molecule has 0 saturated carbocycles. The summed E-state index contributed by atoms with van der Waals surface area (Å²) < 4.78 is 0. The van der Waals surface area contributed by atoms with Crippen LogP contribution in [0.15, 0.2) is 0 Å². The summed E-state index contributed by atoms with van der Waals surface area (Å²) in [4.78, 5) is 26.6. The molecule has 0 spiro atoms. The number of amides is 1. The highest BCUT2D eigenvalue weighted by Gasteiger charge is 2.27. The van der Waals surface area contributed by atoms with Crippen LogP contribution in [0.5, 0.6) is 0 Å². The summed E-state index contributed by atoms with van der Waals surface area (Å²) in [6.45, 7) is 8.44. The molecular formula is C13H24N2O3. The minimum atomic E-state index is -0.821. The average Bonchev–Trinajstić information content (AvgIpc) is 2.74. The lowest BCUT2D eigenvalue weighted by Gasteiger charge is -2.35. The van der Waals surface area contributed by atoms with Crippen molar-refractivity contribution in [2.24, 2.45) is 0 Å². The summed E-state index contributed by atoms with van der Waals surface area (Å²) in [7, 11) is 0. The molecule has 1 amide bonds. The van der Waals surface area contributed by atoms with Crippen molar-refractivity contribution in [3.05, 3.63) is 0 Å². The molecule has 104 valence electrons. The molecule has 0 atom stereocenters. The number of carboxylic acid groups (broad SMARTS) is 1. The molecule has 1 N–H and O–H groups in total. The van der Waals surface area contributed by atoms with E-state index >= 15 is 0 Å². The fraction of sp³-hybridized carbons (Fsp3) is 0.846. The predicted octanol–water partition coefficient (Wildman–Crippen LogP) is 1.18. The van der Waals surface area contributed by atoms with Crippen molar-refractivity contribution in [2.45, 2.75) is 45.6 Å². The molecule has 1 aliphatic rings. The molecule has 0 aromatic carbocycles. The fourth-order valence-corrected chi connectivity index (χ4v) is 2.11. The third-order valence-electron chi connectivity index (χ3n) is 3.33. The lowest BCUT2D eigenvalue weighted by Crippen LogP contribution is -2.48. The second kappa shape index (κ2) is 6.18. The van der Waals surface area contributed by atoms with Gasteiger partial charge in [0.1, 0.15) is 0 Å². The van der Waals surface area contributed by atoms with Crippen LogP contribution in [-0.4, -0.2) is 58.5 Å². The number of carbonyl (C=O) groups excluding carboxylic acids is 1. The Morgan fingerprint density at radius 2 is 1.78 bits per heavy atom. The van der Waals surface area contributed by atoms with Crippen molar-refractivity contribution in [2.75, 3.05) is 26.2 Å². The Kier molecular flexibility index (Phi) is 5.14. The SMILES string of the molecule is CC(C)(C)N(CCC(=O)O)CC(=O)N1CCCC1. The van der Waals surface area contributed by atoms with Gasteiger partial charge in [-0.2, -0.15) is 0 Å². The number of carbonyl (C=O) groups is 2. The molecule has 5 nitrogen and oxygen atoms in total. The molecule has 0 bridgehead atoms. The van der Waals surface area contributed by atoms with Gasteiger partial charge in [-0.3, -0.25) is 14.5 Å². The number of hydrogen-bond donors (Lipinski definition) is 1. The molecule has 5 heteroatoms. The fourth-order valence-electron chi connectivity index (χ4n) is 2.11. The van der Waals surface area contributed by atoms with Gasteiger partial charge in [-0.25, -0.2) is 0 Å². The van der Waals surface area contributed by atoms with E-state index in [1.54, 1.807) is 0 Å². The smallest absolute Gasteiger partial charge is 0.304 e. The van der Waals surface area contributed by atoms with Gasteiger partial charge < -0.3 is 10.0 Å². The first-order valence-electron chi connectivity index (χ1n) is 6.55. The third-order valence-corrected chi connectivity index (χ3v) is 3.33. The van der Waals surface area contributed by atoms with Crippen molar-refractivity contribution in [3.63, 3.8) is 0 Å². The predicted molar refractivity (Wildman–Crippen MR) is 69.4 cm³/mol. The van der Waals surface area contributed by atoms with Crippen LogP contribution in [0.4, 0.5) is 0 Å². The summed E-state index contributed by atoms with van der Waals surface area (Å²) in [6, 6.07) is 0. The molecule has 1 fully saturated rings. The second-order valence-electron chi connectivity index (χ2n) is 5.82. The maximum absolute atomic E-state index is 12.1. The van der Waals surface area contributed by atoms with Gasteiger partial charge in [0.2, 0.25) is 5.91 Å². The van der Waals surface area contributed by atoms with E-state index in [1.165, 1.54) is 0 Å². The number of nitrogens with zero attached hydrogens (tertiary/aromatic N) is 2. The van der Waals surface area contributed by atoms with Crippen LogP contribution in [0.3, 0.4) is 0 Å². The van der Waals surface area contributed by atoms with Crippen LogP contribution in [0.25, 0.3) is 0 Å². The first-order chi connectivity index (χ1) is 8.30. The Labute approximate surface area is 109 Å². The molecule has 1 aliphatic heterocycles. The van der Waals surface area contributed by atoms with Crippen LogP contribution in [0.2, 0.25) is 0 Å². The Hall–Kier alpha value is -1.10. The van der Waals surface area contributed by atoms with Gasteiger partial charge in [0.15, 0.2) is 0 Å². The topological polar surface area (TPSA) is 60.9 Å². The highest BCUT2D eigenvalue weighted by Crippen LogP contribution is 2.15. The standard InChI is InChI=1S/C13H24N2O3/c1-13(2,3)15(9-6-12(17)18)10-11(16)14-7-4-5-8-14/h4-10H2,1-3H3,(H,17,18). The van der Waals surface area contributed by atoms with E-state index in [9.17, 15) is 9.59 Å². The monoisotopic (exact) mass is 256 g/mol. The Morgan fingerprint density at radius 3 is 2.22 bits per heavy atom. The van der Waals surface area contributed by atoms with E-state index in [0.29, 0.717) is 13.1 Å². The first kappa shape index (κ1) is 15.0. The third kappa shape index (κ3) is 4.64. The van der Waals surface area contributed by atoms with Gasteiger partial charge in [-0.1, -0.05) is 0 Å². The number of rotatable bonds is 5. The molecule has 0 radical (unpaired) electrons. The normalized spacial score (nSPS) is 16.3. The Morgan fingerprint density at radius 1 is 1.22 bits per heavy atom. The zero-order chi connectivity index (χ0) is 13.8. The number of likely N-dealkylation sites (tertiary alicyclic amines) is 1. The van der Waals surface area contributed by atoms with Crippen LogP contribution >= 0.6 is 0 Å². The molecule has 0 aromatic rings. The summed E-state index contributed by atoms with van der Waals surface area (Å²) in [5.41, 5.74) is -0.190. The molecule has 18 heavy (non-hydrogen) atoms. The van der Waals surface area contributed by atoms with E-state index in [0.717, 1.165) is 25.9 Å². The molecular weight excluding hydrogens is 232 g/mol. The summed E-state index contributed by atoms with van der Waals surface area (Å²) in [6.07, 6.45) is 2.23. The zero-order valence-corrected chi connectivity index (χ0v) is 11.6. The number of aliphatic carboxylic acids is 1. The summed E-state index contributed by atoms with van der Waals surface area (Å²) >= 11 is 0. The summed E-state index contributed by atoms with van der Waals surface area (Å²) in [5.74, 6) is -0.703. The van der Waals surface area contributed by atoms with Gasteiger partial charge in [-0.15, -0.1) is 0 Å². The first-order valence-corrected chi connectivity index (χ1v) is 6.55. The van der Waals surface area contributed by atoms with Gasteiger partial charge in [-0.05, 0) is 33.6 Å². The number of carboxylic acids is 1. The molecule has 1 heterocycles. The van der Waals surface area contributed by atoms with Crippen molar-refractivity contribution >= 4 is 11.9 Å². The average molecular weight is 256 g/mol. The van der Waals surface area contributed by atoms with Gasteiger partial charge in [0, 0.05) is 25.2 Å². The van der Waals surface area contributed by atoms with Crippen molar-refractivity contribution in [3.8, 4) is 0 Å². The van der Waals surface area contributed by atoms with Crippen LogP contribution in [0.1, 0.15) is 40.0 Å². The van der Waals surface area contributed by atoms with Gasteiger partial charge in [0.25, 0.3) is 0 Å². The lowest BCUT2D eigenvalue weighted by molar-refractivity contribution is -0.139. The minimum absolute atomic E-state index is 0.0740.